The van der Waals surface area contributed by atoms with Crippen LogP contribution in [0, 0.1) is 5.41 Å². The summed E-state index contributed by atoms with van der Waals surface area (Å²) >= 11 is 0. The van der Waals surface area contributed by atoms with E-state index in [4.69, 9.17) is 8.85 Å². The molecule has 0 atom stereocenters. The Labute approximate surface area is 109 Å². The van der Waals surface area contributed by atoms with Crippen molar-refractivity contribution in [2.24, 2.45) is 5.41 Å². The van der Waals surface area contributed by atoms with Crippen LogP contribution in [0.15, 0.2) is 0 Å². The lowest BCUT2D eigenvalue weighted by atomic mass is 9.89. The van der Waals surface area contributed by atoms with Crippen LogP contribution in [0.5, 0.6) is 0 Å². The molecule has 1 fully saturated rings. The number of hydrogen-bond acceptors (Lipinski definition) is 2. The van der Waals surface area contributed by atoms with E-state index in [1.165, 1.54) is 25.7 Å². The van der Waals surface area contributed by atoms with Gasteiger partial charge in [0.2, 0.25) is 0 Å². The SMILES string of the molecule is C[Si](C)(C)OCC1(CO[Si](C)(C)C)CCCC1. The van der Waals surface area contributed by atoms with Crippen LogP contribution in [0.3, 0.4) is 0 Å². The van der Waals surface area contributed by atoms with Gasteiger partial charge >= 0.3 is 0 Å². The highest BCUT2D eigenvalue weighted by Crippen LogP contribution is 2.39. The van der Waals surface area contributed by atoms with Gasteiger partial charge in [0.05, 0.1) is 0 Å². The minimum Gasteiger partial charge on any atom is -0.417 e. The molecule has 0 radical (unpaired) electrons. The zero-order chi connectivity index (χ0) is 13.2. The van der Waals surface area contributed by atoms with Crippen molar-refractivity contribution >= 4 is 16.6 Å². The topological polar surface area (TPSA) is 18.5 Å². The van der Waals surface area contributed by atoms with E-state index in [1.807, 2.05) is 0 Å². The second-order valence-electron chi connectivity index (χ2n) is 7.51. The highest BCUT2D eigenvalue weighted by molar-refractivity contribution is 6.70. The molecule has 0 aromatic rings. The summed E-state index contributed by atoms with van der Waals surface area (Å²) in [4.78, 5) is 0. The average Bonchev–Trinajstić information content (AvgIpc) is 2.59. The molecule has 0 saturated heterocycles. The lowest BCUT2D eigenvalue weighted by Gasteiger charge is -2.34. The van der Waals surface area contributed by atoms with Crippen molar-refractivity contribution in [3.8, 4) is 0 Å². The molecule has 1 saturated carbocycles. The molecule has 0 heterocycles. The summed E-state index contributed by atoms with van der Waals surface area (Å²) < 4.78 is 12.3. The first-order chi connectivity index (χ1) is 7.62. The van der Waals surface area contributed by atoms with Crippen molar-refractivity contribution in [2.45, 2.75) is 65.0 Å². The second kappa shape index (κ2) is 5.55. The Kier molecular flexibility index (Phi) is 5.03. The van der Waals surface area contributed by atoms with Gasteiger partial charge in [-0.3, -0.25) is 0 Å². The fraction of sp³-hybridized carbons (Fsp3) is 1.00. The molecule has 0 bridgehead atoms. The molecule has 0 aromatic carbocycles. The third-order valence-corrected chi connectivity index (χ3v) is 5.31. The monoisotopic (exact) mass is 274 g/mol. The molecule has 1 aliphatic rings. The summed E-state index contributed by atoms with van der Waals surface area (Å²) in [7, 11) is -2.78. The minimum absolute atomic E-state index is 0.334. The van der Waals surface area contributed by atoms with Gasteiger partial charge in [-0.1, -0.05) is 12.8 Å². The van der Waals surface area contributed by atoms with Crippen LogP contribution >= 0.6 is 0 Å². The van der Waals surface area contributed by atoms with Crippen LogP contribution in [-0.4, -0.2) is 29.8 Å². The Morgan fingerprint density at radius 2 is 1.12 bits per heavy atom. The van der Waals surface area contributed by atoms with Crippen molar-refractivity contribution in [3.05, 3.63) is 0 Å². The lowest BCUT2D eigenvalue weighted by molar-refractivity contribution is 0.0772. The zero-order valence-corrected chi connectivity index (χ0v) is 14.6. The first-order valence-electron chi connectivity index (χ1n) is 6.90. The number of rotatable bonds is 6. The smallest absolute Gasteiger partial charge is 0.183 e. The predicted molar refractivity (Wildman–Crippen MR) is 79.5 cm³/mol. The Morgan fingerprint density at radius 1 is 0.765 bits per heavy atom. The molecule has 0 aliphatic heterocycles. The van der Waals surface area contributed by atoms with Crippen LogP contribution in [0.25, 0.3) is 0 Å². The van der Waals surface area contributed by atoms with Crippen molar-refractivity contribution < 1.29 is 8.85 Å². The largest absolute Gasteiger partial charge is 0.417 e. The Bertz CT molecular complexity index is 215. The summed E-state index contributed by atoms with van der Waals surface area (Å²) in [6.07, 6.45) is 5.29. The molecule has 0 spiro atoms. The van der Waals surface area contributed by atoms with Gasteiger partial charge in [-0.25, -0.2) is 0 Å². The van der Waals surface area contributed by atoms with E-state index in [1.54, 1.807) is 0 Å². The molecule has 1 aliphatic carbocycles. The predicted octanol–water partition coefficient (Wildman–Crippen LogP) is 4.25. The quantitative estimate of drug-likeness (QED) is 0.674. The van der Waals surface area contributed by atoms with Crippen molar-refractivity contribution in [2.75, 3.05) is 13.2 Å². The molecule has 0 unspecified atom stereocenters. The first kappa shape index (κ1) is 15.4. The molecule has 1 rings (SSSR count). The Balaban J connectivity index is 2.51. The van der Waals surface area contributed by atoms with Crippen LogP contribution in [0.1, 0.15) is 25.7 Å². The van der Waals surface area contributed by atoms with E-state index in [-0.39, 0.29) is 0 Å². The van der Waals surface area contributed by atoms with E-state index in [0.29, 0.717) is 5.41 Å². The van der Waals surface area contributed by atoms with Gasteiger partial charge in [0.1, 0.15) is 0 Å². The molecule has 0 amide bonds. The second-order valence-corrected chi connectivity index (χ2v) is 16.5. The molecule has 0 N–H and O–H groups in total. The van der Waals surface area contributed by atoms with E-state index in [0.717, 1.165) is 13.2 Å². The van der Waals surface area contributed by atoms with Gasteiger partial charge < -0.3 is 8.85 Å². The van der Waals surface area contributed by atoms with E-state index < -0.39 is 16.6 Å². The molecule has 4 heteroatoms. The van der Waals surface area contributed by atoms with Gasteiger partial charge in [0, 0.05) is 18.6 Å². The fourth-order valence-electron chi connectivity index (χ4n) is 2.19. The minimum atomic E-state index is -1.39. The zero-order valence-electron chi connectivity index (χ0n) is 12.6. The van der Waals surface area contributed by atoms with Crippen molar-refractivity contribution in [1.82, 2.24) is 0 Å². The van der Waals surface area contributed by atoms with Crippen LogP contribution in [-0.2, 0) is 8.85 Å². The summed E-state index contributed by atoms with van der Waals surface area (Å²) in [5.74, 6) is 0. The normalized spacial score (nSPS) is 20.8. The van der Waals surface area contributed by atoms with Crippen LogP contribution in [0.2, 0.25) is 39.3 Å². The van der Waals surface area contributed by atoms with Gasteiger partial charge in [0.15, 0.2) is 16.6 Å². The molecule has 0 aromatic heterocycles. The summed E-state index contributed by atoms with van der Waals surface area (Å²) in [6.45, 7) is 15.5. The maximum atomic E-state index is 6.16. The third kappa shape index (κ3) is 6.18. The lowest BCUT2D eigenvalue weighted by Crippen LogP contribution is -2.39. The van der Waals surface area contributed by atoms with Crippen LogP contribution in [0.4, 0.5) is 0 Å². The maximum absolute atomic E-state index is 6.16. The Hall–Kier alpha value is 0.354. The fourth-order valence-corrected chi connectivity index (χ4v) is 3.67. The molecule has 102 valence electrons. The standard InChI is InChI=1S/C13H30O2Si2/c1-16(2,3)14-11-13(9-7-8-10-13)12-15-17(4,5)6/h7-12H2,1-6H3. The Morgan fingerprint density at radius 3 is 1.41 bits per heavy atom. The molecule has 2 nitrogen and oxygen atoms in total. The van der Waals surface area contributed by atoms with Crippen molar-refractivity contribution in [3.63, 3.8) is 0 Å². The van der Waals surface area contributed by atoms with Gasteiger partial charge in [-0.15, -0.1) is 0 Å². The summed E-state index contributed by atoms with van der Waals surface area (Å²) in [5.41, 5.74) is 0.334. The third-order valence-electron chi connectivity index (χ3n) is 3.29. The highest BCUT2D eigenvalue weighted by Gasteiger charge is 2.37. The van der Waals surface area contributed by atoms with Gasteiger partial charge in [-0.2, -0.15) is 0 Å². The highest BCUT2D eigenvalue weighted by atomic mass is 28.4. The van der Waals surface area contributed by atoms with Crippen LogP contribution < -0.4 is 0 Å². The first-order valence-corrected chi connectivity index (χ1v) is 13.7. The van der Waals surface area contributed by atoms with E-state index in [2.05, 4.69) is 39.3 Å². The average molecular weight is 275 g/mol. The van der Waals surface area contributed by atoms with E-state index >= 15 is 0 Å². The van der Waals surface area contributed by atoms with E-state index in [9.17, 15) is 0 Å². The summed E-state index contributed by atoms with van der Waals surface area (Å²) in [6, 6.07) is 0. The number of hydrogen-bond donors (Lipinski definition) is 0. The molecular formula is C13H30O2Si2. The van der Waals surface area contributed by atoms with Gasteiger partial charge in [-0.05, 0) is 52.1 Å². The van der Waals surface area contributed by atoms with Crippen molar-refractivity contribution in [1.29, 1.82) is 0 Å². The molecule has 17 heavy (non-hydrogen) atoms. The molecular weight excluding hydrogens is 244 g/mol. The maximum Gasteiger partial charge on any atom is 0.183 e. The van der Waals surface area contributed by atoms with Gasteiger partial charge in [0.25, 0.3) is 0 Å². The summed E-state index contributed by atoms with van der Waals surface area (Å²) in [5, 5.41) is 0.